The predicted molar refractivity (Wildman–Crippen MR) is 48.9 cm³/mol. The zero-order valence-electron chi connectivity index (χ0n) is 8.18. The molecular formula is C10H14O3. The van der Waals surface area contributed by atoms with Gasteiger partial charge in [-0.2, -0.15) is 0 Å². The van der Waals surface area contributed by atoms with Crippen LogP contribution in [0.3, 0.4) is 0 Å². The average molecular weight is 182 g/mol. The van der Waals surface area contributed by atoms with Gasteiger partial charge in [0.15, 0.2) is 0 Å². The molecule has 0 saturated heterocycles. The van der Waals surface area contributed by atoms with Crippen LogP contribution in [0.15, 0.2) is 4.42 Å². The van der Waals surface area contributed by atoms with Crippen LogP contribution in [0.25, 0.3) is 0 Å². The van der Waals surface area contributed by atoms with Gasteiger partial charge in [0.25, 0.3) is 0 Å². The first-order valence-corrected chi connectivity index (χ1v) is 4.35. The molecule has 0 aromatic carbocycles. The minimum Gasteiger partial charge on any atom is -0.481 e. The first-order chi connectivity index (χ1) is 6.06. The van der Waals surface area contributed by atoms with Crippen LogP contribution in [0.1, 0.15) is 29.6 Å². The third-order valence-corrected chi connectivity index (χ3v) is 2.20. The van der Waals surface area contributed by atoms with E-state index in [4.69, 9.17) is 9.52 Å². The van der Waals surface area contributed by atoms with E-state index in [0.29, 0.717) is 0 Å². The quantitative estimate of drug-likeness (QED) is 0.778. The summed E-state index contributed by atoms with van der Waals surface area (Å²) in [7, 11) is 0. The van der Waals surface area contributed by atoms with Crippen LogP contribution >= 0.6 is 0 Å². The fourth-order valence-corrected chi connectivity index (χ4v) is 1.62. The summed E-state index contributed by atoms with van der Waals surface area (Å²) < 4.78 is 5.37. The van der Waals surface area contributed by atoms with E-state index in [9.17, 15) is 4.79 Å². The minimum absolute atomic E-state index is 0.0619. The Bertz CT molecular complexity index is 323. The molecule has 1 heterocycles. The molecule has 0 radical (unpaired) electrons. The molecule has 0 aliphatic carbocycles. The molecule has 3 nitrogen and oxygen atoms in total. The highest BCUT2D eigenvalue weighted by Gasteiger charge is 2.15. The Hall–Kier alpha value is -1.25. The maximum Gasteiger partial charge on any atom is 0.307 e. The summed E-state index contributed by atoms with van der Waals surface area (Å²) in [6.45, 7) is 5.68. The third-order valence-electron chi connectivity index (χ3n) is 2.20. The van der Waals surface area contributed by atoms with E-state index in [1.54, 1.807) is 0 Å². The monoisotopic (exact) mass is 182 g/mol. The van der Waals surface area contributed by atoms with Gasteiger partial charge in [0.05, 0.1) is 6.42 Å². The van der Waals surface area contributed by atoms with Gasteiger partial charge in [0.1, 0.15) is 11.5 Å². The Morgan fingerprint density at radius 2 is 1.85 bits per heavy atom. The van der Waals surface area contributed by atoms with E-state index < -0.39 is 5.97 Å². The largest absolute Gasteiger partial charge is 0.481 e. The standard InChI is InChI=1S/C10H14O3/c1-4-8-6(2)13-7(3)9(8)5-10(11)12/h4-5H2,1-3H3,(H,11,12). The normalized spacial score (nSPS) is 10.4. The average Bonchev–Trinajstić information content (AvgIpc) is 2.26. The lowest BCUT2D eigenvalue weighted by molar-refractivity contribution is -0.136. The Balaban J connectivity index is 3.09. The van der Waals surface area contributed by atoms with Gasteiger partial charge < -0.3 is 9.52 Å². The molecule has 1 aromatic rings. The van der Waals surface area contributed by atoms with Crippen molar-refractivity contribution in [3.63, 3.8) is 0 Å². The fourth-order valence-electron chi connectivity index (χ4n) is 1.62. The van der Waals surface area contributed by atoms with Crippen LogP contribution < -0.4 is 0 Å². The molecule has 0 spiro atoms. The number of aryl methyl sites for hydroxylation is 2. The number of furan rings is 1. The number of rotatable bonds is 3. The number of hydrogen-bond donors (Lipinski definition) is 1. The van der Waals surface area contributed by atoms with Crippen LogP contribution in [-0.2, 0) is 17.6 Å². The summed E-state index contributed by atoms with van der Waals surface area (Å²) >= 11 is 0. The number of carboxylic acid groups (broad SMARTS) is 1. The lowest BCUT2D eigenvalue weighted by atomic mass is 10.0. The maximum absolute atomic E-state index is 10.6. The Kier molecular flexibility index (Phi) is 2.76. The molecule has 0 atom stereocenters. The predicted octanol–water partition coefficient (Wildman–Crippen LogP) is 2.09. The zero-order valence-corrected chi connectivity index (χ0v) is 8.18. The lowest BCUT2D eigenvalue weighted by Crippen LogP contribution is -2.02. The van der Waals surface area contributed by atoms with Crippen molar-refractivity contribution < 1.29 is 14.3 Å². The molecule has 0 aliphatic heterocycles. The second-order valence-corrected chi connectivity index (χ2v) is 3.10. The molecule has 3 heteroatoms. The molecule has 72 valence electrons. The molecule has 0 bridgehead atoms. The Morgan fingerprint density at radius 1 is 1.31 bits per heavy atom. The van der Waals surface area contributed by atoms with Crippen LogP contribution in [0.5, 0.6) is 0 Å². The van der Waals surface area contributed by atoms with Gasteiger partial charge in [-0.05, 0) is 25.8 Å². The van der Waals surface area contributed by atoms with Crippen LogP contribution in [0.4, 0.5) is 0 Å². The summed E-state index contributed by atoms with van der Waals surface area (Å²) in [5.74, 6) is 0.770. The van der Waals surface area contributed by atoms with E-state index in [-0.39, 0.29) is 6.42 Å². The first-order valence-electron chi connectivity index (χ1n) is 4.35. The summed E-state index contributed by atoms with van der Waals surface area (Å²) in [6, 6.07) is 0. The van der Waals surface area contributed by atoms with Gasteiger partial charge >= 0.3 is 5.97 Å². The van der Waals surface area contributed by atoms with Gasteiger partial charge in [-0.3, -0.25) is 4.79 Å². The molecule has 0 aliphatic rings. The summed E-state index contributed by atoms with van der Waals surface area (Å²) in [5, 5.41) is 8.68. The maximum atomic E-state index is 10.6. The van der Waals surface area contributed by atoms with Crippen molar-refractivity contribution in [2.24, 2.45) is 0 Å². The molecule has 13 heavy (non-hydrogen) atoms. The van der Waals surface area contributed by atoms with E-state index in [0.717, 1.165) is 29.1 Å². The van der Waals surface area contributed by atoms with Crippen molar-refractivity contribution in [2.45, 2.75) is 33.6 Å². The van der Waals surface area contributed by atoms with Crippen molar-refractivity contribution in [3.8, 4) is 0 Å². The molecule has 0 saturated carbocycles. The minimum atomic E-state index is -0.807. The van der Waals surface area contributed by atoms with Crippen molar-refractivity contribution in [2.75, 3.05) is 0 Å². The third kappa shape index (κ3) is 1.91. The van der Waals surface area contributed by atoms with Gasteiger partial charge in [0.2, 0.25) is 0 Å². The number of carboxylic acids is 1. The number of carbonyl (C=O) groups is 1. The SMILES string of the molecule is CCc1c(C)oc(C)c1CC(=O)O. The topological polar surface area (TPSA) is 50.4 Å². The summed E-state index contributed by atoms with van der Waals surface area (Å²) in [4.78, 5) is 10.6. The van der Waals surface area contributed by atoms with Crippen LogP contribution in [-0.4, -0.2) is 11.1 Å². The van der Waals surface area contributed by atoms with E-state index in [1.165, 1.54) is 0 Å². The fraction of sp³-hybridized carbons (Fsp3) is 0.500. The summed E-state index contributed by atoms with van der Waals surface area (Å²) in [5.41, 5.74) is 1.88. The Labute approximate surface area is 77.4 Å². The highest BCUT2D eigenvalue weighted by Crippen LogP contribution is 2.22. The molecule has 0 amide bonds. The van der Waals surface area contributed by atoms with Gasteiger partial charge in [0, 0.05) is 5.56 Å². The van der Waals surface area contributed by atoms with E-state index >= 15 is 0 Å². The van der Waals surface area contributed by atoms with Crippen LogP contribution in [0, 0.1) is 13.8 Å². The van der Waals surface area contributed by atoms with Crippen molar-refractivity contribution in [3.05, 3.63) is 22.6 Å². The second kappa shape index (κ2) is 3.64. The van der Waals surface area contributed by atoms with E-state index in [2.05, 4.69) is 0 Å². The smallest absolute Gasteiger partial charge is 0.307 e. The van der Waals surface area contributed by atoms with Gasteiger partial charge in [-0.1, -0.05) is 6.92 Å². The number of aliphatic carboxylic acids is 1. The second-order valence-electron chi connectivity index (χ2n) is 3.10. The molecular weight excluding hydrogens is 168 g/mol. The first kappa shape index (κ1) is 9.84. The van der Waals surface area contributed by atoms with Gasteiger partial charge in [-0.15, -0.1) is 0 Å². The van der Waals surface area contributed by atoms with Crippen molar-refractivity contribution >= 4 is 5.97 Å². The van der Waals surface area contributed by atoms with Crippen molar-refractivity contribution in [1.29, 1.82) is 0 Å². The van der Waals surface area contributed by atoms with E-state index in [1.807, 2.05) is 20.8 Å². The molecule has 1 rings (SSSR count). The zero-order chi connectivity index (χ0) is 10.0. The van der Waals surface area contributed by atoms with Crippen LogP contribution in [0.2, 0.25) is 0 Å². The summed E-state index contributed by atoms with van der Waals surface area (Å²) in [6.07, 6.45) is 0.887. The number of hydrogen-bond acceptors (Lipinski definition) is 2. The Morgan fingerprint density at radius 3 is 2.31 bits per heavy atom. The highest BCUT2D eigenvalue weighted by atomic mass is 16.4. The van der Waals surface area contributed by atoms with Crippen molar-refractivity contribution in [1.82, 2.24) is 0 Å². The van der Waals surface area contributed by atoms with Gasteiger partial charge in [-0.25, -0.2) is 0 Å². The lowest BCUT2D eigenvalue weighted by Gasteiger charge is -1.97. The molecule has 1 aromatic heterocycles. The molecule has 0 unspecified atom stereocenters. The highest BCUT2D eigenvalue weighted by molar-refractivity contribution is 5.71. The molecule has 0 fully saturated rings. The molecule has 1 N–H and O–H groups in total.